The lowest BCUT2D eigenvalue weighted by molar-refractivity contribution is 0.298. The zero-order valence-corrected chi connectivity index (χ0v) is 12.6. The van der Waals surface area contributed by atoms with E-state index in [1.54, 1.807) is 14.2 Å². The minimum absolute atomic E-state index is 0.886. The van der Waals surface area contributed by atoms with Gasteiger partial charge >= 0.3 is 0 Å². The number of hydrogen-bond acceptors (Lipinski definition) is 3. The molecule has 0 bridgehead atoms. The summed E-state index contributed by atoms with van der Waals surface area (Å²) in [6, 6.07) is 2.17. The Morgan fingerprint density at radius 1 is 1.21 bits per heavy atom. The van der Waals surface area contributed by atoms with Gasteiger partial charge in [-0.3, -0.25) is 0 Å². The quantitative estimate of drug-likeness (QED) is 0.815. The summed E-state index contributed by atoms with van der Waals surface area (Å²) in [5.41, 5.74) is 4.24. The standard InChI is InChI=1S/C16H25NO2/c1-5-6-7-12-10-15(18-3)16(19-4)13-8-9-17(2)11-14(12)13/h10H,5-9,11H2,1-4H3. The van der Waals surface area contributed by atoms with Crippen LogP contribution < -0.4 is 9.47 Å². The Hall–Kier alpha value is -1.22. The fraction of sp³-hybridized carbons (Fsp3) is 0.625. The van der Waals surface area contributed by atoms with Crippen molar-refractivity contribution in [3.63, 3.8) is 0 Å². The molecule has 19 heavy (non-hydrogen) atoms. The van der Waals surface area contributed by atoms with Crippen molar-refractivity contribution in [1.82, 2.24) is 4.90 Å². The first-order valence-corrected chi connectivity index (χ1v) is 7.15. The average Bonchev–Trinajstić information content (AvgIpc) is 2.43. The number of aryl methyl sites for hydroxylation is 1. The van der Waals surface area contributed by atoms with Gasteiger partial charge in [0.2, 0.25) is 0 Å². The number of hydrogen-bond donors (Lipinski definition) is 0. The molecular weight excluding hydrogens is 238 g/mol. The highest BCUT2D eigenvalue weighted by Gasteiger charge is 2.23. The van der Waals surface area contributed by atoms with Crippen molar-refractivity contribution in [1.29, 1.82) is 0 Å². The third kappa shape index (κ3) is 2.86. The molecule has 1 aliphatic rings. The molecule has 3 nitrogen and oxygen atoms in total. The third-order valence-corrected chi connectivity index (χ3v) is 3.95. The van der Waals surface area contributed by atoms with Gasteiger partial charge in [-0.25, -0.2) is 0 Å². The molecule has 0 unspecified atom stereocenters. The van der Waals surface area contributed by atoms with E-state index in [1.165, 1.54) is 29.5 Å². The van der Waals surface area contributed by atoms with Gasteiger partial charge in [-0.1, -0.05) is 13.3 Å². The molecule has 0 N–H and O–H groups in total. The zero-order chi connectivity index (χ0) is 13.8. The number of fused-ring (bicyclic) bond motifs is 1. The Bertz CT molecular complexity index is 443. The summed E-state index contributed by atoms with van der Waals surface area (Å²) in [7, 11) is 5.65. The van der Waals surface area contributed by atoms with Gasteiger partial charge in [-0.2, -0.15) is 0 Å². The van der Waals surface area contributed by atoms with Crippen molar-refractivity contribution in [3.8, 4) is 11.5 Å². The van der Waals surface area contributed by atoms with Gasteiger partial charge in [-0.05, 0) is 43.5 Å². The molecule has 0 saturated carbocycles. The lowest BCUT2D eigenvalue weighted by Crippen LogP contribution is -2.28. The molecule has 1 aliphatic heterocycles. The van der Waals surface area contributed by atoms with E-state index in [-0.39, 0.29) is 0 Å². The largest absolute Gasteiger partial charge is 0.493 e. The number of rotatable bonds is 5. The van der Waals surface area contributed by atoms with Crippen LogP contribution >= 0.6 is 0 Å². The van der Waals surface area contributed by atoms with Crippen LogP contribution in [0.5, 0.6) is 11.5 Å². The van der Waals surface area contributed by atoms with E-state index < -0.39 is 0 Å². The summed E-state index contributed by atoms with van der Waals surface area (Å²) >= 11 is 0. The van der Waals surface area contributed by atoms with Crippen molar-refractivity contribution >= 4 is 0 Å². The summed E-state index contributed by atoms with van der Waals surface area (Å²) < 4.78 is 11.1. The minimum atomic E-state index is 0.886. The normalized spacial score (nSPS) is 15.2. The smallest absolute Gasteiger partial charge is 0.164 e. The molecule has 0 radical (unpaired) electrons. The highest BCUT2D eigenvalue weighted by atomic mass is 16.5. The van der Waals surface area contributed by atoms with Crippen molar-refractivity contribution < 1.29 is 9.47 Å². The number of ether oxygens (including phenoxy) is 2. The monoisotopic (exact) mass is 263 g/mol. The van der Waals surface area contributed by atoms with Gasteiger partial charge in [-0.15, -0.1) is 0 Å². The van der Waals surface area contributed by atoms with Gasteiger partial charge in [0, 0.05) is 18.7 Å². The Kier molecular flexibility index (Phi) is 4.70. The summed E-state index contributed by atoms with van der Waals surface area (Å²) in [5.74, 6) is 1.82. The van der Waals surface area contributed by atoms with Crippen LogP contribution in [-0.2, 0) is 19.4 Å². The van der Waals surface area contributed by atoms with Gasteiger partial charge in [0.15, 0.2) is 11.5 Å². The fourth-order valence-electron chi connectivity index (χ4n) is 2.87. The number of unbranched alkanes of at least 4 members (excludes halogenated alkanes) is 1. The average molecular weight is 263 g/mol. The molecule has 0 aromatic heterocycles. The Morgan fingerprint density at radius 3 is 2.63 bits per heavy atom. The maximum Gasteiger partial charge on any atom is 0.164 e. The number of benzene rings is 1. The predicted molar refractivity (Wildman–Crippen MR) is 78.2 cm³/mol. The Morgan fingerprint density at radius 2 is 2.00 bits per heavy atom. The van der Waals surface area contributed by atoms with E-state index in [2.05, 4.69) is 24.9 Å². The molecule has 106 valence electrons. The molecule has 0 fully saturated rings. The second-order valence-corrected chi connectivity index (χ2v) is 5.32. The van der Waals surface area contributed by atoms with Crippen molar-refractivity contribution in [2.24, 2.45) is 0 Å². The van der Waals surface area contributed by atoms with E-state index in [1.807, 2.05) is 0 Å². The van der Waals surface area contributed by atoms with Crippen LogP contribution in [0.3, 0.4) is 0 Å². The highest BCUT2D eigenvalue weighted by molar-refractivity contribution is 5.55. The van der Waals surface area contributed by atoms with E-state index in [0.717, 1.165) is 37.4 Å². The van der Waals surface area contributed by atoms with Gasteiger partial charge < -0.3 is 14.4 Å². The van der Waals surface area contributed by atoms with Crippen LogP contribution in [0.4, 0.5) is 0 Å². The first-order valence-electron chi connectivity index (χ1n) is 7.15. The molecule has 0 atom stereocenters. The first-order chi connectivity index (χ1) is 9.21. The third-order valence-electron chi connectivity index (χ3n) is 3.95. The van der Waals surface area contributed by atoms with Gasteiger partial charge in [0.1, 0.15) is 0 Å². The lowest BCUT2D eigenvalue weighted by atomic mass is 9.91. The first kappa shape index (κ1) is 14.2. The van der Waals surface area contributed by atoms with Crippen LogP contribution in [0, 0.1) is 0 Å². The number of likely N-dealkylation sites (N-methyl/N-ethyl adjacent to an activating group) is 1. The highest BCUT2D eigenvalue weighted by Crippen LogP contribution is 2.39. The molecule has 2 rings (SSSR count). The van der Waals surface area contributed by atoms with Crippen molar-refractivity contribution in [2.45, 2.75) is 39.2 Å². The summed E-state index contributed by atoms with van der Waals surface area (Å²) in [6.45, 7) is 4.35. The Labute approximate surface area is 116 Å². The molecule has 0 amide bonds. The van der Waals surface area contributed by atoms with Crippen molar-refractivity contribution in [3.05, 3.63) is 22.8 Å². The van der Waals surface area contributed by atoms with Crippen LogP contribution in [0.1, 0.15) is 36.5 Å². The van der Waals surface area contributed by atoms with E-state index >= 15 is 0 Å². The van der Waals surface area contributed by atoms with Gasteiger partial charge in [0.25, 0.3) is 0 Å². The minimum Gasteiger partial charge on any atom is -0.493 e. The van der Waals surface area contributed by atoms with Crippen LogP contribution in [-0.4, -0.2) is 32.7 Å². The fourth-order valence-corrected chi connectivity index (χ4v) is 2.87. The van der Waals surface area contributed by atoms with Crippen molar-refractivity contribution in [2.75, 3.05) is 27.8 Å². The van der Waals surface area contributed by atoms with Crippen LogP contribution in [0.15, 0.2) is 6.07 Å². The molecule has 0 spiro atoms. The maximum absolute atomic E-state index is 5.59. The summed E-state index contributed by atoms with van der Waals surface area (Å²) in [4.78, 5) is 2.38. The molecule has 1 aromatic carbocycles. The SMILES string of the molecule is CCCCc1cc(OC)c(OC)c2c1CN(C)CC2. The molecule has 1 aromatic rings. The number of methoxy groups -OCH3 is 2. The van der Waals surface area contributed by atoms with E-state index in [4.69, 9.17) is 9.47 Å². The topological polar surface area (TPSA) is 21.7 Å². The van der Waals surface area contributed by atoms with E-state index in [0.29, 0.717) is 0 Å². The van der Waals surface area contributed by atoms with Gasteiger partial charge in [0.05, 0.1) is 14.2 Å². The Balaban J connectivity index is 2.48. The lowest BCUT2D eigenvalue weighted by Gasteiger charge is -2.29. The maximum atomic E-state index is 5.59. The van der Waals surface area contributed by atoms with Crippen LogP contribution in [0.2, 0.25) is 0 Å². The zero-order valence-electron chi connectivity index (χ0n) is 12.6. The molecule has 0 aliphatic carbocycles. The summed E-state index contributed by atoms with van der Waals surface area (Å²) in [6.07, 6.45) is 4.63. The predicted octanol–water partition coefficient (Wildman–Crippen LogP) is 3.03. The van der Waals surface area contributed by atoms with E-state index in [9.17, 15) is 0 Å². The molecule has 0 saturated heterocycles. The molecular formula is C16H25NO2. The van der Waals surface area contributed by atoms with Crippen LogP contribution in [0.25, 0.3) is 0 Å². The second kappa shape index (κ2) is 6.29. The second-order valence-electron chi connectivity index (χ2n) is 5.32. The number of nitrogens with zero attached hydrogens (tertiary/aromatic N) is 1. The molecule has 3 heteroatoms. The summed E-state index contributed by atoms with van der Waals surface area (Å²) in [5, 5.41) is 0. The molecule has 1 heterocycles.